The Morgan fingerprint density at radius 2 is 1.75 bits per heavy atom. The fourth-order valence-electron chi connectivity index (χ4n) is 1.83. The molecule has 2 rings (SSSR count). The van der Waals surface area contributed by atoms with E-state index in [0.29, 0.717) is 11.5 Å². The number of aliphatic hydroxyl groups excluding tert-OH is 1. The molecule has 0 radical (unpaired) electrons. The van der Waals surface area contributed by atoms with Crippen molar-refractivity contribution >= 4 is 5.95 Å². The molecule has 1 aromatic heterocycles. The van der Waals surface area contributed by atoms with Crippen LogP contribution in [0.1, 0.15) is 23.1 Å². The van der Waals surface area contributed by atoms with Crippen molar-refractivity contribution in [1.29, 1.82) is 0 Å². The minimum absolute atomic E-state index is 0.105. The van der Waals surface area contributed by atoms with Gasteiger partial charge >= 0.3 is 0 Å². The first-order chi connectivity index (χ1) is 9.45. The number of hydrogen-bond acceptors (Lipinski definition) is 4. The average molecular weight is 279 g/mol. The maximum atomic E-state index is 13.1. The summed E-state index contributed by atoms with van der Waals surface area (Å²) < 4.78 is 25.9. The van der Waals surface area contributed by atoms with Crippen molar-refractivity contribution in [3.05, 3.63) is 52.9 Å². The predicted octanol–water partition coefficient (Wildman–Crippen LogP) is 2.52. The molecule has 0 spiro atoms. The van der Waals surface area contributed by atoms with E-state index in [2.05, 4.69) is 15.3 Å². The molecule has 0 unspecified atom stereocenters. The number of halogens is 2. The molecule has 106 valence electrons. The van der Waals surface area contributed by atoms with E-state index in [9.17, 15) is 13.9 Å². The molecular formula is C14H15F2N3O. The summed E-state index contributed by atoms with van der Waals surface area (Å²) in [7, 11) is 0. The van der Waals surface area contributed by atoms with Crippen molar-refractivity contribution in [1.82, 2.24) is 9.97 Å². The average Bonchev–Trinajstić information content (AvgIpc) is 2.38. The highest BCUT2D eigenvalue weighted by atomic mass is 19.2. The molecule has 0 aliphatic rings. The second kappa shape index (κ2) is 5.92. The summed E-state index contributed by atoms with van der Waals surface area (Å²) in [6, 6.07) is 5.13. The van der Waals surface area contributed by atoms with E-state index in [1.54, 1.807) is 0 Å². The number of aromatic nitrogens is 2. The highest BCUT2D eigenvalue weighted by Crippen LogP contribution is 2.16. The zero-order valence-corrected chi connectivity index (χ0v) is 11.2. The third kappa shape index (κ3) is 3.48. The predicted molar refractivity (Wildman–Crippen MR) is 71.3 cm³/mol. The molecule has 1 atom stereocenters. The topological polar surface area (TPSA) is 58.0 Å². The largest absolute Gasteiger partial charge is 0.387 e. The number of aryl methyl sites for hydroxylation is 2. The molecule has 0 aliphatic carbocycles. The first-order valence-corrected chi connectivity index (χ1v) is 6.15. The van der Waals surface area contributed by atoms with Gasteiger partial charge < -0.3 is 10.4 Å². The summed E-state index contributed by atoms with van der Waals surface area (Å²) in [5, 5.41) is 12.8. The van der Waals surface area contributed by atoms with Gasteiger partial charge in [0.25, 0.3) is 0 Å². The van der Waals surface area contributed by atoms with Crippen LogP contribution in [-0.4, -0.2) is 21.6 Å². The number of nitrogens with zero attached hydrogens (tertiary/aromatic N) is 2. The van der Waals surface area contributed by atoms with Crippen LogP contribution in [0, 0.1) is 25.5 Å². The summed E-state index contributed by atoms with van der Waals surface area (Å²) in [5.41, 5.74) is 1.91. The highest BCUT2D eigenvalue weighted by molar-refractivity contribution is 5.29. The van der Waals surface area contributed by atoms with Gasteiger partial charge in [0.05, 0.1) is 6.10 Å². The summed E-state index contributed by atoms with van der Waals surface area (Å²) in [5.74, 6) is -1.53. The van der Waals surface area contributed by atoms with Crippen molar-refractivity contribution < 1.29 is 13.9 Å². The first kappa shape index (κ1) is 14.3. The van der Waals surface area contributed by atoms with Crippen molar-refractivity contribution in [2.24, 2.45) is 0 Å². The van der Waals surface area contributed by atoms with Gasteiger partial charge in [-0.1, -0.05) is 6.07 Å². The van der Waals surface area contributed by atoms with Crippen LogP contribution < -0.4 is 5.32 Å². The smallest absolute Gasteiger partial charge is 0.223 e. The second-order valence-electron chi connectivity index (χ2n) is 4.54. The van der Waals surface area contributed by atoms with Gasteiger partial charge in [-0.3, -0.25) is 0 Å². The van der Waals surface area contributed by atoms with Gasteiger partial charge in [0.2, 0.25) is 5.95 Å². The Kier molecular flexibility index (Phi) is 4.24. The number of benzene rings is 1. The second-order valence-corrected chi connectivity index (χ2v) is 4.54. The maximum absolute atomic E-state index is 13.1. The monoisotopic (exact) mass is 279 g/mol. The Morgan fingerprint density at radius 3 is 2.35 bits per heavy atom. The van der Waals surface area contributed by atoms with Crippen LogP contribution in [0.2, 0.25) is 0 Å². The number of hydrogen-bond donors (Lipinski definition) is 2. The van der Waals surface area contributed by atoms with E-state index in [4.69, 9.17) is 0 Å². The molecule has 1 aromatic carbocycles. The Balaban J connectivity index is 2.04. The van der Waals surface area contributed by atoms with Crippen molar-refractivity contribution in [2.45, 2.75) is 20.0 Å². The molecule has 0 amide bonds. The molecule has 2 N–H and O–H groups in total. The Labute approximate surface area is 115 Å². The van der Waals surface area contributed by atoms with E-state index in [-0.39, 0.29) is 6.54 Å². The fourth-order valence-corrected chi connectivity index (χ4v) is 1.83. The Bertz CT molecular complexity index is 599. The van der Waals surface area contributed by atoms with E-state index < -0.39 is 17.7 Å². The van der Waals surface area contributed by atoms with Crippen molar-refractivity contribution in [3.63, 3.8) is 0 Å². The molecule has 0 saturated heterocycles. The fraction of sp³-hybridized carbons (Fsp3) is 0.286. The number of rotatable bonds is 4. The van der Waals surface area contributed by atoms with E-state index in [1.165, 1.54) is 6.07 Å². The summed E-state index contributed by atoms with van der Waals surface area (Å²) in [6.45, 7) is 3.78. The third-order valence-corrected chi connectivity index (χ3v) is 2.76. The Morgan fingerprint density at radius 1 is 1.10 bits per heavy atom. The number of anilines is 1. The first-order valence-electron chi connectivity index (χ1n) is 6.15. The summed E-state index contributed by atoms with van der Waals surface area (Å²) in [4.78, 5) is 8.33. The molecule has 4 nitrogen and oxygen atoms in total. The normalized spacial score (nSPS) is 12.2. The van der Waals surface area contributed by atoms with Crippen LogP contribution in [0.25, 0.3) is 0 Å². The molecular weight excluding hydrogens is 264 g/mol. The lowest BCUT2D eigenvalue weighted by atomic mass is 10.1. The number of nitrogens with one attached hydrogen (secondary N) is 1. The molecule has 0 fully saturated rings. The van der Waals surface area contributed by atoms with Gasteiger partial charge in [0.15, 0.2) is 11.6 Å². The summed E-state index contributed by atoms with van der Waals surface area (Å²) >= 11 is 0. The molecule has 0 aliphatic heterocycles. The lowest BCUT2D eigenvalue weighted by Gasteiger charge is -2.13. The lowest BCUT2D eigenvalue weighted by molar-refractivity contribution is 0.190. The van der Waals surface area contributed by atoms with Gasteiger partial charge in [-0.05, 0) is 37.6 Å². The SMILES string of the molecule is Cc1cc(C)nc(NC[C@@H](O)c2ccc(F)c(F)c2)n1. The molecule has 6 heteroatoms. The molecule has 1 heterocycles. The van der Waals surface area contributed by atoms with Crippen LogP contribution in [-0.2, 0) is 0 Å². The zero-order chi connectivity index (χ0) is 14.7. The third-order valence-electron chi connectivity index (χ3n) is 2.76. The van der Waals surface area contributed by atoms with Gasteiger partial charge in [-0.2, -0.15) is 0 Å². The molecule has 0 saturated carbocycles. The maximum Gasteiger partial charge on any atom is 0.223 e. The van der Waals surface area contributed by atoms with Crippen LogP contribution in [0.15, 0.2) is 24.3 Å². The van der Waals surface area contributed by atoms with Gasteiger partial charge in [0.1, 0.15) is 0 Å². The van der Waals surface area contributed by atoms with Gasteiger partial charge in [-0.25, -0.2) is 18.7 Å². The number of aliphatic hydroxyl groups is 1. The molecule has 2 aromatic rings. The molecule has 20 heavy (non-hydrogen) atoms. The van der Waals surface area contributed by atoms with Crippen molar-refractivity contribution in [3.8, 4) is 0 Å². The van der Waals surface area contributed by atoms with E-state index in [1.807, 2.05) is 19.9 Å². The van der Waals surface area contributed by atoms with Gasteiger partial charge in [0, 0.05) is 17.9 Å². The van der Waals surface area contributed by atoms with E-state index >= 15 is 0 Å². The van der Waals surface area contributed by atoms with Crippen molar-refractivity contribution in [2.75, 3.05) is 11.9 Å². The van der Waals surface area contributed by atoms with E-state index in [0.717, 1.165) is 23.5 Å². The van der Waals surface area contributed by atoms with Gasteiger partial charge in [-0.15, -0.1) is 0 Å². The minimum Gasteiger partial charge on any atom is -0.387 e. The van der Waals surface area contributed by atoms with Crippen LogP contribution in [0.5, 0.6) is 0 Å². The lowest BCUT2D eigenvalue weighted by Crippen LogP contribution is -2.14. The van der Waals surface area contributed by atoms with Crippen LogP contribution in [0.3, 0.4) is 0 Å². The quantitative estimate of drug-likeness (QED) is 0.903. The van der Waals surface area contributed by atoms with Crippen LogP contribution >= 0.6 is 0 Å². The highest BCUT2D eigenvalue weighted by Gasteiger charge is 2.11. The van der Waals surface area contributed by atoms with Crippen LogP contribution in [0.4, 0.5) is 14.7 Å². The standard InChI is InChI=1S/C14H15F2N3O/c1-8-5-9(2)19-14(18-8)17-7-13(20)10-3-4-11(15)12(16)6-10/h3-6,13,20H,7H2,1-2H3,(H,17,18,19)/t13-/m1/s1. The minimum atomic E-state index is -0.982. The molecule has 0 bridgehead atoms. The Hall–Kier alpha value is -2.08. The summed E-state index contributed by atoms with van der Waals surface area (Å²) in [6.07, 6.45) is -0.977. The zero-order valence-electron chi connectivity index (χ0n) is 11.2.